The summed E-state index contributed by atoms with van der Waals surface area (Å²) in [6.45, 7) is 7.25. The van der Waals surface area contributed by atoms with Gasteiger partial charge in [-0.1, -0.05) is 17.7 Å². The van der Waals surface area contributed by atoms with Crippen LogP contribution in [0.1, 0.15) is 35.1 Å². The summed E-state index contributed by atoms with van der Waals surface area (Å²) in [7, 11) is 0. The number of fused-ring (bicyclic) bond motifs is 1. The predicted octanol–water partition coefficient (Wildman–Crippen LogP) is 2.73. The van der Waals surface area contributed by atoms with Crippen molar-refractivity contribution in [2.24, 2.45) is 5.92 Å². The van der Waals surface area contributed by atoms with Crippen LogP contribution in [0.2, 0.25) is 0 Å². The molecule has 1 aliphatic heterocycles. The van der Waals surface area contributed by atoms with Crippen LogP contribution < -0.4 is 0 Å². The molecule has 0 bridgehead atoms. The van der Waals surface area contributed by atoms with Crippen LogP contribution in [0.4, 0.5) is 0 Å². The average Bonchev–Trinajstić information content (AvgIpc) is 2.89. The van der Waals surface area contributed by atoms with Crippen molar-refractivity contribution in [2.45, 2.75) is 46.2 Å². The molecule has 2 aliphatic rings. The number of carbonyl (C=O) groups excluding carboxylic acids is 1. The fraction of sp³-hybridized carbons (Fsp3) is 0.533. The maximum atomic E-state index is 11.8. The van der Waals surface area contributed by atoms with Gasteiger partial charge in [-0.2, -0.15) is 0 Å². The van der Waals surface area contributed by atoms with E-state index in [0.29, 0.717) is 17.9 Å². The van der Waals surface area contributed by atoms with E-state index in [1.807, 2.05) is 0 Å². The third-order valence-corrected chi connectivity index (χ3v) is 4.21. The van der Waals surface area contributed by atoms with Gasteiger partial charge in [0.15, 0.2) is 0 Å². The first-order valence-corrected chi connectivity index (χ1v) is 6.42. The van der Waals surface area contributed by atoms with Gasteiger partial charge in [0.25, 0.3) is 0 Å². The number of rotatable bonds is 2. The number of amides is 1. The first-order valence-electron chi connectivity index (χ1n) is 6.42. The molecule has 0 aromatic heterocycles. The molecule has 0 spiro atoms. The van der Waals surface area contributed by atoms with E-state index in [1.165, 1.54) is 28.7 Å². The molecular weight excluding hydrogens is 210 g/mol. The summed E-state index contributed by atoms with van der Waals surface area (Å²) < 4.78 is 0. The van der Waals surface area contributed by atoms with E-state index >= 15 is 0 Å². The van der Waals surface area contributed by atoms with E-state index in [1.54, 1.807) is 0 Å². The Kier molecular flexibility index (Phi) is 2.29. The number of carbonyl (C=O) groups is 1. The Hall–Kier alpha value is -1.31. The molecule has 1 heterocycles. The molecule has 0 unspecified atom stereocenters. The molecule has 1 saturated carbocycles. The lowest BCUT2D eigenvalue weighted by Gasteiger charge is -2.21. The number of benzene rings is 1. The molecule has 1 aromatic rings. The number of likely N-dealkylation sites (tertiary alicyclic amines) is 1. The number of nitrogens with zero attached hydrogens (tertiary/aromatic N) is 1. The lowest BCUT2D eigenvalue weighted by Crippen LogP contribution is -2.28. The van der Waals surface area contributed by atoms with Crippen LogP contribution in [0, 0.1) is 26.7 Å². The van der Waals surface area contributed by atoms with Gasteiger partial charge in [-0.25, -0.2) is 0 Å². The van der Waals surface area contributed by atoms with Crippen LogP contribution in [0.15, 0.2) is 12.1 Å². The maximum Gasteiger partial charge on any atom is 0.223 e. The molecule has 2 fully saturated rings. The van der Waals surface area contributed by atoms with Gasteiger partial charge in [0.1, 0.15) is 0 Å². The zero-order valence-electron chi connectivity index (χ0n) is 10.8. The van der Waals surface area contributed by atoms with Gasteiger partial charge in [-0.15, -0.1) is 0 Å². The topological polar surface area (TPSA) is 20.3 Å². The zero-order valence-corrected chi connectivity index (χ0v) is 10.8. The summed E-state index contributed by atoms with van der Waals surface area (Å²) >= 11 is 0. The van der Waals surface area contributed by atoms with Crippen molar-refractivity contribution in [3.63, 3.8) is 0 Å². The fourth-order valence-corrected chi connectivity index (χ4v) is 3.19. The highest BCUT2D eigenvalue weighted by Crippen LogP contribution is 2.45. The Bertz CT molecular complexity index is 469. The molecule has 1 aliphatic carbocycles. The molecule has 0 radical (unpaired) electrons. The lowest BCUT2D eigenvalue weighted by atomic mass is 9.99. The Labute approximate surface area is 103 Å². The molecular formula is C15H19NO. The second kappa shape index (κ2) is 3.59. The van der Waals surface area contributed by atoms with Crippen molar-refractivity contribution in [3.05, 3.63) is 34.4 Å². The molecule has 1 aromatic carbocycles. The maximum absolute atomic E-state index is 11.8. The highest BCUT2D eigenvalue weighted by atomic mass is 16.2. The molecule has 17 heavy (non-hydrogen) atoms. The van der Waals surface area contributed by atoms with Gasteiger partial charge in [-0.05, 0) is 49.8 Å². The minimum atomic E-state index is 0.352. The third-order valence-electron chi connectivity index (χ3n) is 4.21. The molecule has 0 N–H and O–H groups in total. The Morgan fingerprint density at radius 2 is 1.88 bits per heavy atom. The molecule has 1 amide bonds. The van der Waals surface area contributed by atoms with E-state index in [4.69, 9.17) is 0 Å². The second-order valence-corrected chi connectivity index (χ2v) is 5.67. The first kappa shape index (κ1) is 10.8. The predicted molar refractivity (Wildman–Crippen MR) is 67.7 cm³/mol. The van der Waals surface area contributed by atoms with Gasteiger partial charge < -0.3 is 4.90 Å². The largest absolute Gasteiger partial charge is 0.335 e. The first-order chi connectivity index (χ1) is 8.06. The van der Waals surface area contributed by atoms with Gasteiger partial charge in [0.05, 0.1) is 0 Å². The van der Waals surface area contributed by atoms with Gasteiger partial charge in [-0.3, -0.25) is 4.79 Å². The van der Waals surface area contributed by atoms with E-state index in [-0.39, 0.29) is 0 Å². The number of aryl methyl sites for hydroxylation is 3. The second-order valence-electron chi connectivity index (χ2n) is 5.67. The molecule has 1 saturated heterocycles. The monoisotopic (exact) mass is 229 g/mol. The van der Waals surface area contributed by atoms with Gasteiger partial charge in [0.2, 0.25) is 5.91 Å². The van der Waals surface area contributed by atoms with Crippen molar-refractivity contribution < 1.29 is 4.79 Å². The van der Waals surface area contributed by atoms with Crippen molar-refractivity contribution in [2.75, 3.05) is 0 Å². The summed E-state index contributed by atoms with van der Waals surface area (Å²) in [6, 6.07) is 4.99. The number of piperidine rings is 1. The van der Waals surface area contributed by atoms with Crippen LogP contribution in [-0.2, 0) is 11.3 Å². The lowest BCUT2D eigenvalue weighted by molar-refractivity contribution is -0.129. The minimum Gasteiger partial charge on any atom is -0.335 e. The van der Waals surface area contributed by atoms with E-state index in [0.717, 1.165) is 13.0 Å². The van der Waals surface area contributed by atoms with Crippen LogP contribution in [0.5, 0.6) is 0 Å². The van der Waals surface area contributed by atoms with Crippen LogP contribution in [0.25, 0.3) is 0 Å². The Balaban J connectivity index is 1.88. The minimum absolute atomic E-state index is 0.352. The van der Waals surface area contributed by atoms with Gasteiger partial charge >= 0.3 is 0 Å². The summed E-state index contributed by atoms with van der Waals surface area (Å²) in [6.07, 6.45) is 2.02. The Morgan fingerprint density at radius 3 is 2.41 bits per heavy atom. The summed E-state index contributed by atoms with van der Waals surface area (Å²) in [4.78, 5) is 13.9. The van der Waals surface area contributed by atoms with Crippen molar-refractivity contribution in [1.82, 2.24) is 4.90 Å². The van der Waals surface area contributed by atoms with Crippen molar-refractivity contribution in [3.8, 4) is 0 Å². The molecule has 3 rings (SSSR count). The van der Waals surface area contributed by atoms with Crippen LogP contribution in [-0.4, -0.2) is 16.8 Å². The number of hydrogen-bond acceptors (Lipinski definition) is 1. The van der Waals surface area contributed by atoms with E-state index < -0.39 is 0 Å². The summed E-state index contributed by atoms with van der Waals surface area (Å²) in [5, 5.41) is 0. The van der Waals surface area contributed by atoms with E-state index in [9.17, 15) is 4.79 Å². The molecule has 2 nitrogen and oxygen atoms in total. The molecule has 2 heteroatoms. The summed E-state index contributed by atoms with van der Waals surface area (Å²) in [5.74, 6) is 1.03. The fourth-order valence-electron chi connectivity index (χ4n) is 3.19. The zero-order chi connectivity index (χ0) is 12.2. The van der Waals surface area contributed by atoms with Crippen LogP contribution in [0.3, 0.4) is 0 Å². The van der Waals surface area contributed by atoms with Crippen LogP contribution >= 0.6 is 0 Å². The van der Waals surface area contributed by atoms with Crippen molar-refractivity contribution >= 4 is 5.91 Å². The average molecular weight is 229 g/mol. The summed E-state index contributed by atoms with van der Waals surface area (Å²) in [5.41, 5.74) is 5.29. The SMILES string of the molecule is Cc1cc(C)c(CN2C(=O)C[C@H]3C[C@H]32)c(C)c1. The highest BCUT2D eigenvalue weighted by molar-refractivity contribution is 5.81. The Morgan fingerprint density at radius 1 is 1.24 bits per heavy atom. The quantitative estimate of drug-likeness (QED) is 0.763. The standard InChI is InChI=1S/C15H19NO/c1-9-4-10(2)13(11(3)5-9)8-16-14-6-12(14)7-15(16)17/h4-5,12,14H,6-8H2,1-3H3/t12-,14-/m1/s1. The number of hydrogen-bond donors (Lipinski definition) is 0. The third kappa shape index (κ3) is 1.76. The molecule has 90 valence electrons. The highest BCUT2D eigenvalue weighted by Gasteiger charge is 2.51. The normalized spacial score (nSPS) is 26.3. The molecule has 2 atom stereocenters. The van der Waals surface area contributed by atoms with Gasteiger partial charge in [0, 0.05) is 19.0 Å². The van der Waals surface area contributed by atoms with E-state index in [2.05, 4.69) is 37.8 Å². The van der Waals surface area contributed by atoms with Crippen molar-refractivity contribution in [1.29, 1.82) is 0 Å². The smallest absolute Gasteiger partial charge is 0.223 e.